The van der Waals surface area contributed by atoms with Crippen molar-refractivity contribution in [3.8, 4) is 0 Å². The predicted octanol–water partition coefficient (Wildman–Crippen LogP) is 2.24. The van der Waals surface area contributed by atoms with Gasteiger partial charge in [-0.25, -0.2) is 13.2 Å². The first-order chi connectivity index (χ1) is 8.01. The average molecular weight is 246 g/mol. The molecule has 1 aromatic rings. The van der Waals surface area contributed by atoms with Crippen molar-refractivity contribution < 1.29 is 27.5 Å². The third kappa shape index (κ3) is 2.83. The van der Waals surface area contributed by atoms with Gasteiger partial charge in [-0.3, -0.25) is 9.59 Å². The van der Waals surface area contributed by atoms with Crippen molar-refractivity contribution in [1.29, 1.82) is 0 Å². The number of carbonyl (C=O) groups is 2. The molecule has 0 saturated heterocycles. The Kier molecular flexibility index (Phi) is 4.25. The van der Waals surface area contributed by atoms with Gasteiger partial charge < -0.3 is 4.74 Å². The largest absolute Gasteiger partial charge is 0.456 e. The fourth-order valence-electron chi connectivity index (χ4n) is 1.30. The van der Waals surface area contributed by atoms with E-state index in [1.807, 2.05) is 0 Å². The number of hydrogen-bond donors (Lipinski definition) is 0. The molecule has 1 rings (SSSR count). The molecule has 92 valence electrons. The molecule has 0 amide bonds. The zero-order valence-electron chi connectivity index (χ0n) is 8.88. The van der Waals surface area contributed by atoms with E-state index in [9.17, 15) is 22.8 Å². The molecule has 0 saturated carbocycles. The smallest absolute Gasteiger partial charge is 0.293 e. The molecule has 0 aromatic heterocycles. The van der Waals surface area contributed by atoms with Crippen LogP contribution in [0.2, 0.25) is 0 Å². The number of benzene rings is 1. The third-order valence-corrected chi connectivity index (χ3v) is 2.16. The number of halogens is 3. The summed E-state index contributed by atoms with van der Waals surface area (Å²) in [4.78, 5) is 21.8. The summed E-state index contributed by atoms with van der Waals surface area (Å²) in [6.07, 6.45) is -1.09. The maximum atomic E-state index is 13.2. The van der Waals surface area contributed by atoms with Gasteiger partial charge in [0.2, 0.25) is 5.78 Å². The zero-order valence-corrected chi connectivity index (χ0v) is 8.88. The third-order valence-electron chi connectivity index (χ3n) is 2.16. The Bertz CT molecular complexity index is 446. The SMILES string of the molecule is CCC(OC=O)C(=O)c1cc(F)c(F)cc1F. The molecule has 0 bridgehead atoms. The van der Waals surface area contributed by atoms with E-state index in [-0.39, 0.29) is 19.0 Å². The molecule has 0 heterocycles. The number of Topliss-reactive ketones (excluding diaryl/α,β-unsaturated/α-hetero) is 1. The minimum absolute atomic E-state index is 0.0455. The second-order valence-corrected chi connectivity index (χ2v) is 3.24. The molecule has 3 nitrogen and oxygen atoms in total. The van der Waals surface area contributed by atoms with Gasteiger partial charge in [0.05, 0.1) is 5.56 Å². The van der Waals surface area contributed by atoms with E-state index < -0.39 is 34.9 Å². The summed E-state index contributed by atoms with van der Waals surface area (Å²) in [7, 11) is 0. The van der Waals surface area contributed by atoms with Gasteiger partial charge in [0.1, 0.15) is 5.82 Å². The normalized spacial score (nSPS) is 12.0. The maximum Gasteiger partial charge on any atom is 0.293 e. The van der Waals surface area contributed by atoms with Crippen LogP contribution in [0.5, 0.6) is 0 Å². The Morgan fingerprint density at radius 1 is 1.29 bits per heavy atom. The molecule has 17 heavy (non-hydrogen) atoms. The van der Waals surface area contributed by atoms with E-state index in [2.05, 4.69) is 4.74 Å². The highest BCUT2D eigenvalue weighted by Gasteiger charge is 2.24. The van der Waals surface area contributed by atoms with Gasteiger partial charge in [0.15, 0.2) is 17.7 Å². The van der Waals surface area contributed by atoms with Crippen LogP contribution in [0.15, 0.2) is 12.1 Å². The fourth-order valence-corrected chi connectivity index (χ4v) is 1.30. The maximum absolute atomic E-state index is 13.2. The highest BCUT2D eigenvalue weighted by Crippen LogP contribution is 2.17. The van der Waals surface area contributed by atoms with Crippen LogP contribution >= 0.6 is 0 Å². The summed E-state index contributed by atoms with van der Waals surface area (Å²) in [5, 5.41) is 0. The Morgan fingerprint density at radius 3 is 2.41 bits per heavy atom. The van der Waals surface area contributed by atoms with Gasteiger partial charge in [0.25, 0.3) is 6.47 Å². The summed E-state index contributed by atoms with van der Waals surface area (Å²) in [6, 6.07) is 0.722. The first-order valence-corrected chi connectivity index (χ1v) is 4.79. The second kappa shape index (κ2) is 5.47. The minimum atomic E-state index is -1.39. The molecular formula is C11H9F3O3. The minimum Gasteiger partial charge on any atom is -0.456 e. The van der Waals surface area contributed by atoms with E-state index in [0.717, 1.165) is 0 Å². The van der Waals surface area contributed by atoms with Gasteiger partial charge in [-0.1, -0.05) is 6.92 Å². The van der Waals surface area contributed by atoms with Gasteiger partial charge in [-0.05, 0) is 12.5 Å². The average Bonchev–Trinajstić information content (AvgIpc) is 2.30. The summed E-state index contributed by atoms with van der Waals surface area (Å²) < 4.78 is 43.2. The predicted molar refractivity (Wildman–Crippen MR) is 51.9 cm³/mol. The van der Waals surface area contributed by atoms with E-state index in [1.165, 1.54) is 6.92 Å². The summed E-state index contributed by atoms with van der Waals surface area (Å²) in [5.41, 5.74) is -0.641. The van der Waals surface area contributed by atoms with Crippen LogP contribution < -0.4 is 0 Å². The quantitative estimate of drug-likeness (QED) is 0.454. The van der Waals surface area contributed by atoms with Crippen molar-refractivity contribution in [1.82, 2.24) is 0 Å². The van der Waals surface area contributed by atoms with Crippen molar-refractivity contribution in [2.24, 2.45) is 0 Å². The standard InChI is InChI=1S/C11H9F3O3/c1-2-10(17-5-15)11(16)6-3-8(13)9(14)4-7(6)12/h3-5,10H,2H2,1H3. The Balaban J connectivity index is 3.11. The highest BCUT2D eigenvalue weighted by molar-refractivity contribution is 6.00. The van der Waals surface area contributed by atoms with E-state index >= 15 is 0 Å². The summed E-state index contributed by atoms with van der Waals surface area (Å²) in [5.74, 6) is -4.82. The molecular weight excluding hydrogens is 237 g/mol. The van der Waals surface area contributed by atoms with Crippen LogP contribution in [0.4, 0.5) is 13.2 Å². The van der Waals surface area contributed by atoms with E-state index in [0.29, 0.717) is 6.07 Å². The lowest BCUT2D eigenvalue weighted by Gasteiger charge is -2.12. The Morgan fingerprint density at radius 2 is 1.88 bits per heavy atom. The lowest BCUT2D eigenvalue weighted by Crippen LogP contribution is -2.24. The van der Waals surface area contributed by atoms with Gasteiger partial charge in [-0.15, -0.1) is 0 Å². The van der Waals surface area contributed by atoms with Crippen molar-refractivity contribution in [3.63, 3.8) is 0 Å². The topological polar surface area (TPSA) is 43.4 Å². The van der Waals surface area contributed by atoms with E-state index in [1.54, 1.807) is 0 Å². The summed E-state index contributed by atoms with van der Waals surface area (Å²) >= 11 is 0. The number of ketones is 1. The van der Waals surface area contributed by atoms with Gasteiger partial charge in [-0.2, -0.15) is 0 Å². The molecule has 1 unspecified atom stereocenters. The summed E-state index contributed by atoms with van der Waals surface area (Å²) in [6.45, 7) is 1.58. The van der Waals surface area contributed by atoms with Crippen LogP contribution in [0.1, 0.15) is 23.7 Å². The van der Waals surface area contributed by atoms with Crippen LogP contribution in [-0.2, 0) is 9.53 Å². The number of hydrogen-bond acceptors (Lipinski definition) is 3. The first-order valence-electron chi connectivity index (χ1n) is 4.79. The van der Waals surface area contributed by atoms with Crippen LogP contribution in [0, 0.1) is 17.5 Å². The molecule has 1 aromatic carbocycles. The van der Waals surface area contributed by atoms with Crippen molar-refractivity contribution in [3.05, 3.63) is 35.1 Å². The Hall–Kier alpha value is -1.85. The molecule has 0 fully saturated rings. The molecule has 0 spiro atoms. The van der Waals surface area contributed by atoms with Crippen molar-refractivity contribution in [2.75, 3.05) is 0 Å². The van der Waals surface area contributed by atoms with Crippen LogP contribution in [-0.4, -0.2) is 18.4 Å². The molecule has 0 aliphatic heterocycles. The zero-order chi connectivity index (χ0) is 13.0. The van der Waals surface area contributed by atoms with Crippen molar-refractivity contribution >= 4 is 12.3 Å². The van der Waals surface area contributed by atoms with Crippen molar-refractivity contribution in [2.45, 2.75) is 19.4 Å². The molecule has 6 heteroatoms. The highest BCUT2D eigenvalue weighted by atomic mass is 19.2. The Labute approximate surface area is 95.2 Å². The van der Waals surface area contributed by atoms with Crippen LogP contribution in [0.25, 0.3) is 0 Å². The molecule has 0 aliphatic rings. The number of carbonyl (C=O) groups excluding carboxylic acids is 2. The van der Waals surface area contributed by atoms with E-state index in [4.69, 9.17) is 0 Å². The fraction of sp³-hybridized carbons (Fsp3) is 0.273. The monoisotopic (exact) mass is 246 g/mol. The molecule has 0 aliphatic carbocycles. The lowest BCUT2D eigenvalue weighted by molar-refractivity contribution is -0.131. The molecule has 0 N–H and O–H groups in total. The lowest BCUT2D eigenvalue weighted by atomic mass is 10.0. The molecule has 0 radical (unpaired) electrons. The molecule has 1 atom stereocenters. The van der Waals surface area contributed by atoms with Gasteiger partial charge in [0, 0.05) is 6.07 Å². The number of rotatable bonds is 5. The second-order valence-electron chi connectivity index (χ2n) is 3.24. The number of ether oxygens (including phenoxy) is 1. The van der Waals surface area contributed by atoms with Gasteiger partial charge >= 0.3 is 0 Å². The van der Waals surface area contributed by atoms with Crippen LogP contribution in [0.3, 0.4) is 0 Å². The first kappa shape index (κ1) is 13.2.